The maximum absolute atomic E-state index is 4.18. The second-order valence-electron chi connectivity index (χ2n) is 3.79. The first-order valence-electron chi connectivity index (χ1n) is 5.04. The number of likely N-dealkylation sites (N-methyl/N-ethyl adjacent to an activating group) is 1. The van der Waals surface area contributed by atoms with E-state index in [1.807, 2.05) is 6.07 Å². The monoisotopic (exact) mass is 200 g/mol. The molecule has 4 heteroatoms. The Labute approximate surface area is 88.2 Å². The normalized spacial score (nSPS) is 14.3. The summed E-state index contributed by atoms with van der Waals surface area (Å²) < 4.78 is 2.10. The molecule has 1 aliphatic heterocycles. The van der Waals surface area contributed by atoms with E-state index in [2.05, 4.69) is 44.9 Å². The van der Waals surface area contributed by atoms with Crippen LogP contribution in [0.4, 0.5) is 5.69 Å². The van der Waals surface area contributed by atoms with Crippen molar-refractivity contribution in [3.05, 3.63) is 30.6 Å². The number of para-hydroxylation sites is 1. The number of hydrogen-bond donors (Lipinski definition) is 0. The van der Waals surface area contributed by atoms with E-state index in [-0.39, 0.29) is 0 Å². The van der Waals surface area contributed by atoms with E-state index in [1.165, 1.54) is 5.69 Å². The molecule has 0 spiro atoms. The predicted octanol–water partition coefficient (Wildman–Crippen LogP) is 1.39. The molecule has 0 bridgehead atoms. The van der Waals surface area contributed by atoms with Crippen molar-refractivity contribution in [2.24, 2.45) is 0 Å². The molecule has 4 nitrogen and oxygen atoms in total. The Morgan fingerprint density at radius 1 is 1.20 bits per heavy atom. The van der Waals surface area contributed by atoms with E-state index in [9.17, 15) is 0 Å². The van der Waals surface area contributed by atoms with E-state index < -0.39 is 0 Å². The van der Waals surface area contributed by atoms with Gasteiger partial charge in [-0.15, -0.1) is 10.2 Å². The number of hydrogen-bond acceptors (Lipinski definition) is 3. The third-order valence-corrected chi connectivity index (χ3v) is 2.85. The molecular formula is C11H12N4. The van der Waals surface area contributed by atoms with Crippen LogP contribution in [0.2, 0.25) is 0 Å². The van der Waals surface area contributed by atoms with Crippen LogP contribution in [-0.4, -0.2) is 28.4 Å². The van der Waals surface area contributed by atoms with Crippen molar-refractivity contribution in [2.75, 3.05) is 18.5 Å². The molecule has 0 radical (unpaired) electrons. The van der Waals surface area contributed by atoms with Gasteiger partial charge in [0, 0.05) is 31.4 Å². The summed E-state index contributed by atoms with van der Waals surface area (Å²) in [4.78, 5) is 2.25. The minimum absolute atomic E-state index is 0.938. The first kappa shape index (κ1) is 8.47. The number of aromatic nitrogens is 3. The first-order valence-corrected chi connectivity index (χ1v) is 5.04. The smallest absolute Gasteiger partial charge is 0.165 e. The Bertz CT molecular complexity index is 489. The molecule has 0 N–H and O–H groups in total. The van der Waals surface area contributed by atoms with Gasteiger partial charge in [-0.25, -0.2) is 0 Å². The molecule has 0 atom stereocenters. The molecule has 0 saturated heterocycles. The van der Waals surface area contributed by atoms with Crippen molar-refractivity contribution in [2.45, 2.75) is 6.54 Å². The van der Waals surface area contributed by atoms with Crippen LogP contribution in [0.25, 0.3) is 11.4 Å². The average Bonchev–Trinajstić information content (AvgIpc) is 2.69. The second-order valence-corrected chi connectivity index (χ2v) is 3.79. The molecule has 1 aromatic carbocycles. The Morgan fingerprint density at radius 3 is 3.00 bits per heavy atom. The lowest BCUT2D eigenvalue weighted by Crippen LogP contribution is -2.20. The third kappa shape index (κ3) is 1.21. The third-order valence-electron chi connectivity index (χ3n) is 2.85. The van der Waals surface area contributed by atoms with Gasteiger partial charge in [-0.2, -0.15) is 0 Å². The zero-order valence-corrected chi connectivity index (χ0v) is 8.59. The van der Waals surface area contributed by atoms with E-state index in [1.54, 1.807) is 6.33 Å². The predicted molar refractivity (Wildman–Crippen MR) is 58.7 cm³/mol. The van der Waals surface area contributed by atoms with Crippen LogP contribution in [0.3, 0.4) is 0 Å². The SMILES string of the molecule is CN1CCn2cnnc2-c2ccccc21. The Balaban J connectivity index is 2.27. The van der Waals surface area contributed by atoms with Gasteiger partial charge < -0.3 is 9.47 Å². The van der Waals surface area contributed by atoms with E-state index in [0.29, 0.717) is 0 Å². The first-order chi connectivity index (χ1) is 7.36. The van der Waals surface area contributed by atoms with Gasteiger partial charge in [0.15, 0.2) is 5.82 Å². The number of benzene rings is 1. The summed E-state index contributed by atoms with van der Waals surface area (Å²) in [7, 11) is 2.11. The van der Waals surface area contributed by atoms with Crippen LogP contribution in [-0.2, 0) is 6.54 Å². The van der Waals surface area contributed by atoms with Gasteiger partial charge in [0.05, 0.1) is 0 Å². The maximum atomic E-state index is 4.18. The zero-order valence-electron chi connectivity index (χ0n) is 8.59. The van der Waals surface area contributed by atoms with Crippen LogP contribution in [0.15, 0.2) is 30.6 Å². The van der Waals surface area contributed by atoms with E-state index in [4.69, 9.17) is 0 Å². The van der Waals surface area contributed by atoms with Gasteiger partial charge >= 0.3 is 0 Å². The largest absolute Gasteiger partial charge is 0.372 e. The van der Waals surface area contributed by atoms with Gasteiger partial charge in [-0.3, -0.25) is 0 Å². The number of nitrogens with zero attached hydrogens (tertiary/aromatic N) is 4. The molecule has 3 rings (SSSR count). The second kappa shape index (κ2) is 3.08. The highest BCUT2D eigenvalue weighted by atomic mass is 15.3. The van der Waals surface area contributed by atoms with E-state index in [0.717, 1.165) is 24.5 Å². The fourth-order valence-corrected chi connectivity index (χ4v) is 2.00. The fraction of sp³-hybridized carbons (Fsp3) is 0.273. The van der Waals surface area contributed by atoms with Gasteiger partial charge in [0.2, 0.25) is 0 Å². The molecule has 0 unspecified atom stereocenters. The lowest BCUT2D eigenvalue weighted by atomic mass is 10.1. The zero-order chi connectivity index (χ0) is 10.3. The molecule has 0 amide bonds. The summed E-state index contributed by atoms with van der Waals surface area (Å²) in [6.07, 6.45) is 1.80. The molecule has 15 heavy (non-hydrogen) atoms. The lowest BCUT2D eigenvalue weighted by Gasteiger charge is -2.17. The van der Waals surface area contributed by atoms with Crippen molar-refractivity contribution < 1.29 is 0 Å². The number of anilines is 1. The molecule has 76 valence electrons. The highest BCUT2D eigenvalue weighted by Gasteiger charge is 2.17. The number of fused-ring (bicyclic) bond motifs is 3. The van der Waals surface area contributed by atoms with Crippen molar-refractivity contribution in [3.8, 4) is 11.4 Å². The summed E-state index contributed by atoms with van der Waals surface area (Å²) in [6.45, 7) is 1.93. The Kier molecular flexibility index (Phi) is 1.74. The van der Waals surface area contributed by atoms with Crippen LogP contribution in [0.1, 0.15) is 0 Å². The topological polar surface area (TPSA) is 34.0 Å². The molecule has 0 aliphatic carbocycles. The molecule has 2 aromatic rings. The minimum Gasteiger partial charge on any atom is -0.372 e. The average molecular weight is 200 g/mol. The summed E-state index contributed by atoms with van der Waals surface area (Å²) in [5.41, 5.74) is 2.39. The molecule has 0 saturated carbocycles. The minimum atomic E-state index is 0.938. The van der Waals surface area contributed by atoms with Crippen molar-refractivity contribution in [1.82, 2.24) is 14.8 Å². The summed E-state index contributed by atoms with van der Waals surface area (Å²) >= 11 is 0. The quantitative estimate of drug-likeness (QED) is 0.644. The standard InChI is InChI=1S/C11H12N4/c1-14-6-7-15-8-12-13-11(15)9-4-2-3-5-10(9)14/h2-5,8H,6-7H2,1H3. The molecule has 2 heterocycles. The van der Waals surface area contributed by atoms with Gasteiger partial charge in [0.25, 0.3) is 0 Å². The lowest BCUT2D eigenvalue weighted by molar-refractivity contribution is 0.699. The van der Waals surface area contributed by atoms with Gasteiger partial charge in [-0.1, -0.05) is 12.1 Å². The van der Waals surface area contributed by atoms with Gasteiger partial charge in [-0.05, 0) is 12.1 Å². The summed E-state index contributed by atoms with van der Waals surface area (Å²) in [5, 5.41) is 8.14. The van der Waals surface area contributed by atoms with Crippen LogP contribution in [0, 0.1) is 0 Å². The van der Waals surface area contributed by atoms with Crippen molar-refractivity contribution in [1.29, 1.82) is 0 Å². The van der Waals surface area contributed by atoms with Crippen LogP contribution >= 0.6 is 0 Å². The van der Waals surface area contributed by atoms with Crippen molar-refractivity contribution in [3.63, 3.8) is 0 Å². The van der Waals surface area contributed by atoms with E-state index >= 15 is 0 Å². The highest BCUT2D eigenvalue weighted by molar-refractivity contribution is 5.74. The summed E-state index contributed by atoms with van der Waals surface area (Å²) in [6, 6.07) is 8.32. The maximum Gasteiger partial charge on any atom is 0.165 e. The van der Waals surface area contributed by atoms with Gasteiger partial charge in [0.1, 0.15) is 6.33 Å². The molecular weight excluding hydrogens is 188 g/mol. The van der Waals surface area contributed by atoms with Crippen LogP contribution < -0.4 is 4.90 Å². The fourth-order valence-electron chi connectivity index (χ4n) is 2.00. The molecule has 1 aromatic heterocycles. The van der Waals surface area contributed by atoms with Crippen molar-refractivity contribution >= 4 is 5.69 Å². The Morgan fingerprint density at radius 2 is 2.07 bits per heavy atom. The van der Waals surface area contributed by atoms with Crippen LogP contribution in [0.5, 0.6) is 0 Å². The molecule has 0 fully saturated rings. The Hall–Kier alpha value is -1.84. The summed E-state index contributed by atoms with van der Waals surface area (Å²) in [5.74, 6) is 0.968. The highest BCUT2D eigenvalue weighted by Crippen LogP contribution is 2.30. The number of rotatable bonds is 0. The molecule has 1 aliphatic rings.